The second-order valence-corrected chi connectivity index (χ2v) is 3.97. The Labute approximate surface area is 68.1 Å². The SMILES string of the molecule is NC1(C2CCCOCC2)CC1. The molecule has 0 aromatic rings. The van der Waals surface area contributed by atoms with E-state index in [1.54, 1.807) is 0 Å². The molecule has 0 amide bonds. The van der Waals surface area contributed by atoms with Gasteiger partial charge in [0.05, 0.1) is 0 Å². The lowest BCUT2D eigenvalue weighted by Crippen LogP contribution is -2.32. The van der Waals surface area contributed by atoms with Gasteiger partial charge < -0.3 is 10.5 Å². The molecule has 1 heterocycles. The summed E-state index contributed by atoms with van der Waals surface area (Å²) in [6.07, 6.45) is 6.19. The molecule has 64 valence electrons. The highest BCUT2D eigenvalue weighted by atomic mass is 16.5. The fourth-order valence-electron chi connectivity index (χ4n) is 2.03. The van der Waals surface area contributed by atoms with Gasteiger partial charge in [-0.25, -0.2) is 0 Å². The summed E-state index contributed by atoms with van der Waals surface area (Å²) in [5.41, 5.74) is 6.37. The zero-order valence-corrected chi connectivity index (χ0v) is 7.01. The van der Waals surface area contributed by atoms with Crippen LogP contribution in [-0.2, 0) is 4.74 Å². The lowest BCUT2D eigenvalue weighted by atomic mass is 9.91. The molecule has 0 radical (unpaired) electrons. The Balaban J connectivity index is 1.90. The maximum absolute atomic E-state index is 6.14. The molecule has 2 nitrogen and oxygen atoms in total. The van der Waals surface area contributed by atoms with E-state index in [2.05, 4.69) is 0 Å². The van der Waals surface area contributed by atoms with Gasteiger partial charge in [-0.15, -0.1) is 0 Å². The van der Waals surface area contributed by atoms with Crippen molar-refractivity contribution in [2.75, 3.05) is 13.2 Å². The van der Waals surface area contributed by atoms with Crippen LogP contribution in [0.3, 0.4) is 0 Å². The van der Waals surface area contributed by atoms with Crippen LogP contribution in [0.25, 0.3) is 0 Å². The molecule has 1 saturated heterocycles. The monoisotopic (exact) mass is 155 g/mol. The van der Waals surface area contributed by atoms with Crippen molar-refractivity contribution in [1.82, 2.24) is 0 Å². The molecule has 1 unspecified atom stereocenters. The van der Waals surface area contributed by atoms with Gasteiger partial charge >= 0.3 is 0 Å². The van der Waals surface area contributed by atoms with E-state index in [0.717, 1.165) is 19.1 Å². The molecule has 0 spiro atoms. The third-order valence-corrected chi connectivity index (χ3v) is 3.09. The van der Waals surface area contributed by atoms with Gasteiger partial charge in [-0.05, 0) is 38.0 Å². The Hall–Kier alpha value is -0.0800. The quantitative estimate of drug-likeness (QED) is 0.619. The standard InChI is InChI=1S/C9H17NO/c10-9(4-5-9)8-2-1-6-11-7-3-8/h8H,1-7,10H2. The van der Waals surface area contributed by atoms with E-state index >= 15 is 0 Å². The van der Waals surface area contributed by atoms with E-state index < -0.39 is 0 Å². The predicted octanol–water partition coefficient (Wildman–Crippen LogP) is 1.29. The van der Waals surface area contributed by atoms with Gasteiger partial charge in [0.2, 0.25) is 0 Å². The first kappa shape index (κ1) is 7.56. The van der Waals surface area contributed by atoms with Crippen LogP contribution >= 0.6 is 0 Å². The average molecular weight is 155 g/mol. The van der Waals surface area contributed by atoms with Crippen molar-refractivity contribution in [3.8, 4) is 0 Å². The van der Waals surface area contributed by atoms with Crippen molar-refractivity contribution in [1.29, 1.82) is 0 Å². The molecule has 2 aliphatic rings. The molecule has 11 heavy (non-hydrogen) atoms. The number of nitrogens with two attached hydrogens (primary N) is 1. The van der Waals surface area contributed by atoms with Crippen molar-refractivity contribution >= 4 is 0 Å². The summed E-state index contributed by atoms with van der Waals surface area (Å²) in [4.78, 5) is 0. The molecule has 0 aromatic heterocycles. The number of hydrogen-bond donors (Lipinski definition) is 1. The predicted molar refractivity (Wildman–Crippen MR) is 44.3 cm³/mol. The molecule has 1 atom stereocenters. The highest BCUT2D eigenvalue weighted by molar-refractivity contribution is 5.03. The summed E-state index contributed by atoms with van der Waals surface area (Å²) in [6.45, 7) is 1.89. The van der Waals surface area contributed by atoms with Gasteiger partial charge in [0.15, 0.2) is 0 Å². The summed E-state index contributed by atoms with van der Waals surface area (Å²) < 4.78 is 5.39. The van der Waals surface area contributed by atoms with Gasteiger partial charge in [0.1, 0.15) is 0 Å². The minimum Gasteiger partial charge on any atom is -0.381 e. The van der Waals surface area contributed by atoms with Gasteiger partial charge in [-0.1, -0.05) is 0 Å². The molecule has 2 N–H and O–H groups in total. The molecule has 2 rings (SSSR count). The van der Waals surface area contributed by atoms with Crippen LogP contribution in [0, 0.1) is 5.92 Å². The van der Waals surface area contributed by atoms with E-state index in [9.17, 15) is 0 Å². The van der Waals surface area contributed by atoms with E-state index in [0.29, 0.717) is 0 Å². The fraction of sp³-hybridized carbons (Fsp3) is 1.00. The lowest BCUT2D eigenvalue weighted by molar-refractivity contribution is 0.139. The maximum Gasteiger partial charge on any atom is 0.0469 e. The highest BCUT2D eigenvalue weighted by Crippen LogP contribution is 2.43. The van der Waals surface area contributed by atoms with Gasteiger partial charge in [-0.3, -0.25) is 0 Å². The van der Waals surface area contributed by atoms with E-state index in [1.807, 2.05) is 0 Å². The van der Waals surface area contributed by atoms with E-state index in [1.165, 1.54) is 32.1 Å². The summed E-state index contributed by atoms with van der Waals surface area (Å²) in [7, 11) is 0. The largest absolute Gasteiger partial charge is 0.381 e. The summed E-state index contributed by atoms with van der Waals surface area (Å²) in [5.74, 6) is 0.755. The van der Waals surface area contributed by atoms with Crippen LogP contribution in [0.2, 0.25) is 0 Å². The fourth-order valence-corrected chi connectivity index (χ4v) is 2.03. The normalized spacial score (nSPS) is 36.3. The molecular weight excluding hydrogens is 138 g/mol. The molecule has 0 bridgehead atoms. The third-order valence-electron chi connectivity index (χ3n) is 3.09. The minimum atomic E-state index is 0.230. The van der Waals surface area contributed by atoms with Gasteiger partial charge in [-0.2, -0.15) is 0 Å². The maximum atomic E-state index is 6.14. The molecule has 2 heteroatoms. The van der Waals surface area contributed by atoms with Crippen LogP contribution in [-0.4, -0.2) is 18.8 Å². The molecular formula is C9H17NO. The lowest BCUT2D eigenvalue weighted by Gasteiger charge is -2.20. The Morgan fingerprint density at radius 3 is 2.73 bits per heavy atom. The Morgan fingerprint density at radius 2 is 2.00 bits per heavy atom. The average Bonchev–Trinajstić information content (AvgIpc) is 2.73. The van der Waals surface area contributed by atoms with Crippen LogP contribution in [0.5, 0.6) is 0 Å². The Bertz CT molecular complexity index is 134. The van der Waals surface area contributed by atoms with Crippen molar-refractivity contribution < 1.29 is 4.74 Å². The highest BCUT2D eigenvalue weighted by Gasteiger charge is 2.45. The van der Waals surface area contributed by atoms with Crippen LogP contribution in [0.1, 0.15) is 32.1 Å². The molecule has 1 saturated carbocycles. The molecule has 1 aliphatic heterocycles. The summed E-state index contributed by atoms with van der Waals surface area (Å²) in [6, 6.07) is 0. The van der Waals surface area contributed by atoms with E-state index in [4.69, 9.17) is 10.5 Å². The third kappa shape index (κ3) is 1.57. The number of ether oxygens (including phenoxy) is 1. The van der Waals surface area contributed by atoms with Crippen LogP contribution in [0.4, 0.5) is 0 Å². The second kappa shape index (κ2) is 2.76. The smallest absolute Gasteiger partial charge is 0.0469 e. The topological polar surface area (TPSA) is 35.2 Å². The first-order chi connectivity index (χ1) is 5.31. The van der Waals surface area contributed by atoms with Crippen LogP contribution < -0.4 is 5.73 Å². The van der Waals surface area contributed by atoms with Gasteiger partial charge in [0, 0.05) is 18.8 Å². The van der Waals surface area contributed by atoms with Crippen molar-refractivity contribution in [2.24, 2.45) is 11.7 Å². The number of rotatable bonds is 1. The van der Waals surface area contributed by atoms with Crippen LogP contribution in [0.15, 0.2) is 0 Å². The number of hydrogen-bond acceptors (Lipinski definition) is 2. The molecule has 1 aliphatic carbocycles. The summed E-state index contributed by atoms with van der Waals surface area (Å²) in [5, 5.41) is 0. The van der Waals surface area contributed by atoms with Crippen molar-refractivity contribution in [3.05, 3.63) is 0 Å². The molecule has 0 aromatic carbocycles. The zero-order chi connectivity index (χ0) is 7.73. The first-order valence-corrected chi connectivity index (χ1v) is 4.68. The van der Waals surface area contributed by atoms with Gasteiger partial charge in [0.25, 0.3) is 0 Å². The molecule has 2 fully saturated rings. The zero-order valence-electron chi connectivity index (χ0n) is 7.01. The Kier molecular flexibility index (Phi) is 1.90. The summed E-state index contributed by atoms with van der Waals surface area (Å²) >= 11 is 0. The van der Waals surface area contributed by atoms with E-state index in [-0.39, 0.29) is 5.54 Å². The Morgan fingerprint density at radius 1 is 1.18 bits per heavy atom. The van der Waals surface area contributed by atoms with Crippen molar-refractivity contribution in [3.63, 3.8) is 0 Å². The first-order valence-electron chi connectivity index (χ1n) is 4.68. The minimum absolute atomic E-state index is 0.230. The second-order valence-electron chi connectivity index (χ2n) is 3.97. The van der Waals surface area contributed by atoms with Crippen molar-refractivity contribution in [2.45, 2.75) is 37.6 Å².